The standard InChI is InChI=1S/C31H23F9/c1-3-17(2)12-18-13-24(34)28(25(35)14-18)19-15-26(36)29(27(37)16-19)30(31(38,39)40,20-4-8-22(32)9-5-20)21-6-10-23(33)11-7-21/h4-11,13-17H,3,12H2,1-2H3/t17-/m1/s1. The van der Waals surface area contributed by atoms with Gasteiger partial charge in [-0.2, -0.15) is 13.2 Å². The fourth-order valence-electron chi connectivity index (χ4n) is 4.97. The van der Waals surface area contributed by atoms with E-state index in [-0.39, 0.29) is 5.92 Å². The number of rotatable bonds is 7. The van der Waals surface area contributed by atoms with Crippen molar-refractivity contribution in [2.75, 3.05) is 0 Å². The summed E-state index contributed by atoms with van der Waals surface area (Å²) in [6.07, 6.45) is -4.36. The van der Waals surface area contributed by atoms with E-state index in [1.54, 1.807) is 0 Å². The van der Waals surface area contributed by atoms with Crippen LogP contribution in [-0.2, 0) is 11.8 Å². The summed E-state index contributed by atoms with van der Waals surface area (Å²) in [6, 6.07) is 8.50. The molecule has 0 N–H and O–H groups in total. The second-order valence-electron chi connectivity index (χ2n) is 9.73. The van der Waals surface area contributed by atoms with Gasteiger partial charge in [0, 0.05) is 5.56 Å². The zero-order valence-electron chi connectivity index (χ0n) is 21.3. The molecule has 0 saturated heterocycles. The molecule has 40 heavy (non-hydrogen) atoms. The van der Waals surface area contributed by atoms with Crippen LogP contribution < -0.4 is 0 Å². The van der Waals surface area contributed by atoms with Gasteiger partial charge >= 0.3 is 6.18 Å². The first-order valence-electron chi connectivity index (χ1n) is 12.4. The highest BCUT2D eigenvalue weighted by atomic mass is 19.4. The van der Waals surface area contributed by atoms with Crippen molar-refractivity contribution in [3.05, 3.63) is 130 Å². The maximum Gasteiger partial charge on any atom is 0.406 e. The monoisotopic (exact) mass is 566 g/mol. The van der Waals surface area contributed by atoms with Crippen LogP contribution in [0.2, 0.25) is 0 Å². The number of halogens is 9. The fourth-order valence-corrected chi connectivity index (χ4v) is 4.97. The highest BCUT2D eigenvalue weighted by Crippen LogP contribution is 2.53. The molecule has 0 fully saturated rings. The van der Waals surface area contributed by atoms with Crippen LogP contribution in [0.5, 0.6) is 0 Å². The minimum absolute atomic E-state index is 0.104. The molecule has 0 aliphatic rings. The predicted molar refractivity (Wildman–Crippen MR) is 134 cm³/mol. The lowest BCUT2D eigenvalue weighted by molar-refractivity contribution is -0.167. The van der Waals surface area contributed by atoms with Crippen molar-refractivity contribution in [1.29, 1.82) is 0 Å². The molecule has 0 aliphatic heterocycles. The molecule has 0 bridgehead atoms. The quantitative estimate of drug-likeness (QED) is 0.154. The van der Waals surface area contributed by atoms with E-state index in [4.69, 9.17) is 0 Å². The minimum Gasteiger partial charge on any atom is -0.207 e. The summed E-state index contributed by atoms with van der Waals surface area (Å²) in [5.74, 6) is -7.50. The van der Waals surface area contributed by atoms with Gasteiger partial charge in [0.25, 0.3) is 0 Å². The molecular weight excluding hydrogens is 543 g/mol. The normalized spacial score (nSPS) is 13.0. The molecule has 210 valence electrons. The van der Waals surface area contributed by atoms with Gasteiger partial charge in [-0.1, -0.05) is 44.5 Å². The molecule has 0 heterocycles. The van der Waals surface area contributed by atoms with Gasteiger partial charge in [-0.05, 0) is 83.1 Å². The average Bonchev–Trinajstić information content (AvgIpc) is 2.86. The topological polar surface area (TPSA) is 0 Å². The highest BCUT2D eigenvalue weighted by Gasteiger charge is 2.60. The number of hydrogen-bond acceptors (Lipinski definition) is 0. The van der Waals surface area contributed by atoms with Crippen molar-refractivity contribution in [2.24, 2.45) is 5.92 Å². The van der Waals surface area contributed by atoms with E-state index in [0.717, 1.165) is 18.6 Å². The van der Waals surface area contributed by atoms with Crippen molar-refractivity contribution < 1.29 is 39.5 Å². The third-order valence-electron chi connectivity index (χ3n) is 7.07. The Bertz CT molecular complexity index is 1410. The van der Waals surface area contributed by atoms with Crippen LogP contribution in [0.4, 0.5) is 39.5 Å². The van der Waals surface area contributed by atoms with E-state index in [1.807, 2.05) is 13.8 Å². The smallest absolute Gasteiger partial charge is 0.207 e. The van der Waals surface area contributed by atoms with E-state index in [9.17, 15) is 8.78 Å². The Morgan fingerprint density at radius 1 is 0.625 bits per heavy atom. The van der Waals surface area contributed by atoms with Crippen LogP contribution in [0.3, 0.4) is 0 Å². The zero-order valence-corrected chi connectivity index (χ0v) is 21.3. The van der Waals surface area contributed by atoms with E-state index in [2.05, 4.69) is 0 Å². The molecule has 0 nitrogen and oxygen atoms in total. The van der Waals surface area contributed by atoms with Gasteiger partial charge in [0.2, 0.25) is 0 Å². The molecule has 0 radical (unpaired) electrons. The summed E-state index contributed by atoms with van der Waals surface area (Å²) in [5, 5.41) is 0. The fraction of sp³-hybridized carbons (Fsp3) is 0.226. The lowest BCUT2D eigenvalue weighted by atomic mass is 9.68. The first-order valence-corrected chi connectivity index (χ1v) is 12.4. The molecule has 4 rings (SSSR count). The Morgan fingerprint density at radius 3 is 1.43 bits per heavy atom. The predicted octanol–water partition coefficient (Wildman–Crippen LogP) is 9.67. The number of benzene rings is 4. The van der Waals surface area contributed by atoms with Crippen LogP contribution in [0.1, 0.15) is 42.5 Å². The molecule has 0 unspecified atom stereocenters. The van der Waals surface area contributed by atoms with Crippen molar-refractivity contribution in [3.8, 4) is 11.1 Å². The number of alkyl halides is 3. The van der Waals surface area contributed by atoms with Gasteiger partial charge < -0.3 is 0 Å². The maximum atomic E-state index is 15.8. The summed E-state index contributed by atoms with van der Waals surface area (Å²) < 4.78 is 134. The molecule has 0 saturated carbocycles. The van der Waals surface area contributed by atoms with Gasteiger partial charge in [-0.15, -0.1) is 0 Å². The zero-order chi connectivity index (χ0) is 29.4. The summed E-state index contributed by atoms with van der Waals surface area (Å²) in [5.41, 5.74) is -7.75. The average molecular weight is 567 g/mol. The second-order valence-corrected chi connectivity index (χ2v) is 9.73. The Morgan fingerprint density at radius 2 is 1.05 bits per heavy atom. The van der Waals surface area contributed by atoms with Crippen LogP contribution >= 0.6 is 0 Å². The molecule has 0 aliphatic carbocycles. The highest BCUT2D eigenvalue weighted by molar-refractivity contribution is 5.67. The summed E-state index contributed by atoms with van der Waals surface area (Å²) >= 11 is 0. The van der Waals surface area contributed by atoms with Crippen LogP contribution in [-0.4, -0.2) is 6.18 Å². The van der Waals surface area contributed by atoms with Gasteiger partial charge in [-0.25, -0.2) is 26.3 Å². The lowest BCUT2D eigenvalue weighted by Crippen LogP contribution is -2.46. The molecule has 0 aromatic heterocycles. The van der Waals surface area contributed by atoms with Gasteiger partial charge in [0.05, 0.1) is 5.56 Å². The molecule has 0 spiro atoms. The van der Waals surface area contributed by atoms with Gasteiger partial charge in [0.1, 0.15) is 40.3 Å². The number of hydrogen-bond donors (Lipinski definition) is 0. The first kappa shape index (κ1) is 29.2. The minimum atomic E-state index is -5.44. The maximum absolute atomic E-state index is 15.8. The van der Waals surface area contributed by atoms with Gasteiger partial charge in [0.15, 0.2) is 0 Å². The molecular formula is C31H23F9. The Balaban J connectivity index is 1.99. The van der Waals surface area contributed by atoms with Crippen molar-refractivity contribution in [3.63, 3.8) is 0 Å². The third kappa shape index (κ3) is 5.21. The van der Waals surface area contributed by atoms with Crippen molar-refractivity contribution in [2.45, 2.75) is 38.3 Å². The largest absolute Gasteiger partial charge is 0.406 e. The summed E-state index contributed by atoms with van der Waals surface area (Å²) in [6.45, 7) is 3.78. The molecule has 0 amide bonds. The van der Waals surface area contributed by atoms with E-state index < -0.39 is 74.3 Å². The van der Waals surface area contributed by atoms with E-state index >= 15 is 30.7 Å². The van der Waals surface area contributed by atoms with Crippen LogP contribution in [0.15, 0.2) is 72.8 Å². The lowest BCUT2D eigenvalue weighted by Gasteiger charge is -2.38. The van der Waals surface area contributed by atoms with Gasteiger partial charge in [-0.3, -0.25) is 0 Å². The van der Waals surface area contributed by atoms with Crippen LogP contribution in [0, 0.1) is 40.8 Å². The molecule has 4 aromatic rings. The molecule has 1 atom stereocenters. The third-order valence-corrected chi connectivity index (χ3v) is 7.07. The van der Waals surface area contributed by atoms with Crippen LogP contribution in [0.25, 0.3) is 11.1 Å². The Kier molecular flexibility index (Phi) is 8.06. The first-order chi connectivity index (χ1) is 18.8. The van der Waals surface area contributed by atoms with E-state index in [0.29, 0.717) is 72.6 Å². The molecule has 9 heteroatoms. The summed E-state index contributed by atoms with van der Waals surface area (Å²) in [4.78, 5) is 0. The second kappa shape index (κ2) is 11.0. The SMILES string of the molecule is CC[C@@H](C)Cc1cc(F)c(-c2cc(F)c(C(c3ccc(F)cc3)(c3ccc(F)cc3)C(F)(F)F)c(F)c2)c(F)c1. The van der Waals surface area contributed by atoms with E-state index in [1.165, 1.54) is 0 Å². The Labute approximate surface area is 225 Å². The van der Waals surface area contributed by atoms with Crippen molar-refractivity contribution in [1.82, 2.24) is 0 Å². The Hall–Kier alpha value is -3.75. The van der Waals surface area contributed by atoms with Crippen molar-refractivity contribution >= 4 is 0 Å². The molecule has 4 aromatic carbocycles. The summed E-state index contributed by atoms with van der Waals surface area (Å²) in [7, 11) is 0.